The predicted molar refractivity (Wildman–Crippen MR) is 151 cm³/mol. The van der Waals surface area contributed by atoms with Crippen molar-refractivity contribution in [3.05, 3.63) is 111 Å². The Balaban J connectivity index is 1.46. The van der Waals surface area contributed by atoms with Gasteiger partial charge in [0.25, 0.3) is 0 Å². The second-order valence-corrected chi connectivity index (χ2v) is 12.4. The maximum absolute atomic E-state index is 13.6. The molecule has 1 fully saturated rings. The maximum atomic E-state index is 13.6. The number of halogens is 5. The highest BCUT2D eigenvalue weighted by atomic mass is 35.5. The Hall–Kier alpha value is -3.41. The highest BCUT2D eigenvalue weighted by Gasteiger charge is 2.50. The number of sulfonamides is 1. The van der Waals surface area contributed by atoms with E-state index in [9.17, 15) is 30.8 Å². The van der Waals surface area contributed by atoms with Gasteiger partial charge in [0.05, 0.1) is 5.52 Å². The summed E-state index contributed by atoms with van der Waals surface area (Å²) in [6.07, 6.45) is 0.841. The van der Waals surface area contributed by atoms with Crippen LogP contribution in [0.3, 0.4) is 0 Å². The molecule has 0 radical (unpaired) electrons. The van der Waals surface area contributed by atoms with Gasteiger partial charge in [-0.15, -0.1) is 0 Å². The third kappa shape index (κ3) is 6.42. The van der Waals surface area contributed by atoms with E-state index in [1.807, 2.05) is 24.3 Å². The zero-order valence-electron chi connectivity index (χ0n) is 21.6. The van der Waals surface area contributed by atoms with Gasteiger partial charge in [0.2, 0.25) is 5.56 Å². The molecular weight excluding hydrogens is 582 g/mol. The molecule has 0 aliphatic carbocycles. The molecule has 6 nitrogen and oxygen atoms in total. The molecule has 2 heterocycles. The Morgan fingerprint density at radius 3 is 2.22 bits per heavy atom. The van der Waals surface area contributed by atoms with Gasteiger partial charge in [-0.25, -0.2) is 12.8 Å². The first kappa shape index (κ1) is 29.1. The van der Waals surface area contributed by atoms with E-state index in [0.29, 0.717) is 32.3 Å². The van der Waals surface area contributed by atoms with E-state index in [4.69, 9.17) is 11.6 Å². The van der Waals surface area contributed by atoms with Gasteiger partial charge in [0.15, 0.2) is 0 Å². The van der Waals surface area contributed by atoms with Gasteiger partial charge in [-0.1, -0.05) is 41.9 Å². The quantitative estimate of drug-likeness (QED) is 0.238. The van der Waals surface area contributed by atoms with Crippen LogP contribution < -0.4 is 10.9 Å². The molecule has 1 aliphatic heterocycles. The van der Waals surface area contributed by atoms with Gasteiger partial charge in [-0.2, -0.15) is 17.5 Å². The lowest BCUT2D eigenvalue weighted by atomic mass is 9.85. The fourth-order valence-corrected chi connectivity index (χ4v) is 6.30. The van der Waals surface area contributed by atoms with E-state index >= 15 is 0 Å². The summed E-state index contributed by atoms with van der Waals surface area (Å²) in [7, 11) is -5.39. The van der Waals surface area contributed by atoms with E-state index in [0.717, 1.165) is 16.7 Å². The largest absolute Gasteiger partial charge is 0.511 e. The van der Waals surface area contributed by atoms with E-state index in [-0.39, 0.29) is 49.3 Å². The third-order valence-corrected chi connectivity index (χ3v) is 9.22. The van der Waals surface area contributed by atoms with Gasteiger partial charge in [-0.3, -0.25) is 4.79 Å². The summed E-state index contributed by atoms with van der Waals surface area (Å²) in [5.74, 6) is -0.471. The number of alkyl halides is 3. The first-order valence-corrected chi connectivity index (χ1v) is 14.7. The topological polar surface area (TPSA) is 82.3 Å². The van der Waals surface area contributed by atoms with Crippen molar-refractivity contribution < 1.29 is 26.0 Å². The summed E-state index contributed by atoms with van der Waals surface area (Å²) in [6, 6.07) is 20.4. The van der Waals surface area contributed by atoms with Crippen molar-refractivity contribution in [2.24, 2.45) is 0 Å². The number of nitrogens with zero attached hydrogens (tertiary/aromatic N) is 1. The molecule has 1 unspecified atom stereocenters. The number of benzene rings is 3. The van der Waals surface area contributed by atoms with Crippen LogP contribution in [0, 0.1) is 5.82 Å². The van der Waals surface area contributed by atoms with Gasteiger partial charge in [0, 0.05) is 47.2 Å². The number of fused-ring (bicyclic) bond motifs is 1. The Kier molecular flexibility index (Phi) is 8.13. The van der Waals surface area contributed by atoms with Crippen LogP contribution in [0.25, 0.3) is 10.9 Å². The molecule has 2 N–H and O–H groups in total. The molecule has 1 aliphatic rings. The van der Waals surface area contributed by atoms with Crippen LogP contribution in [0.15, 0.2) is 77.6 Å². The molecule has 1 atom stereocenters. The number of H-pyrrole nitrogens is 1. The fraction of sp³-hybridized carbons (Fsp3) is 0.276. The van der Waals surface area contributed by atoms with E-state index in [1.165, 1.54) is 18.2 Å². The molecule has 41 heavy (non-hydrogen) atoms. The number of nitrogens with one attached hydrogen (secondary N) is 2. The minimum atomic E-state index is -5.39. The zero-order chi connectivity index (χ0) is 29.4. The Morgan fingerprint density at radius 1 is 0.951 bits per heavy atom. The minimum Gasteiger partial charge on any atom is -0.382 e. The number of hydrogen-bond acceptors (Lipinski definition) is 4. The third-order valence-electron chi connectivity index (χ3n) is 7.34. The van der Waals surface area contributed by atoms with Gasteiger partial charge < -0.3 is 10.3 Å². The van der Waals surface area contributed by atoms with Crippen molar-refractivity contribution in [1.82, 2.24) is 9.29 Å². The number of aromatic amines is 1. The number of hydrogen-bond donors (Lipinski definition) is 2. The molecule has 5 rings (SSSR count). The number of anilines is 1. The lowest BCUT2D eigenvalue weighted by Gasteiger charge is -2.32. The number of piperidine rings is 1. The zero-order valence-corrected chi connectivity index (χ0v) is 23.2. The fourth-order valence-electron chi connectivity index (χ4n) is 5.19. The summed E-state index contributed by atoms with van der Waals surface area (Å²) in [4.78, 5) is 15.2. The van der Waals surface area contributed by atoms with Crippen LogP contribution in [0.1, 0.15) is 35.4 Å². The average molecular weight is 608 g/mol. The van der Waals surface area contributed by atoms with Gasteiger partial charge in [-0.05, 0) is 72.4 Å². The second kappa shape index (κ2) is 11.5. The highest BCUT2D eigenvalue weighted by Crippen LogP contribution is 2.34. The SMILES string of the molecule is O=c1cc(NC2CCN(S(=O)(=O)C(F)(F)F)CC2)c2cc(C(Cc3ccc(F)cc3)c3ccc(Cl)cc3)ccc2[nH]1. The van der Waals surface area contributed by atoms with Crippen molar-refractivity contribution >= 4 is 38.2 Å². The standard InChI is InChI=1S/C29H26ClF4N3O3S/c30-21-6-3-19(4-7-21)24(15-18-1-8-22(31)9-2-18)20-5-10-26-25(16-20)27(17-28(38)36-26)35-23-11-13-37(14-12-23)41(39,40)29(32,33)34/h1-10,16-17,23-24H,11-15H2,(H2,35,36,38). The van der Waals surface area contributed by atoms with Crippen molar-refractivity contribution in [3.8, 4) is 0 Å². The molecule has 216 valence electrons. The number of rotatable bonds is 7. The van der Waals surface area contributed by atoms with Gasteiger partial charge >= 0.3 is 15.5 Å². The normalized spacial score (nSPS) is 16.1. The molecule has 0 spiro atoms. The van der Waals surface area contributed by atoms with Crippen LogP contribution in [-0.4, -0.2) is 42.3 Å². The van der Waals surface area contributed by atoms with Crippen LogP contribution in [0.2, 0.25) is 5.02 Å². The monoisotopic (exact) mass is 607 g/mol. The first-order valence-electron chi connectivity index (χ1n) is 12.9. The molecule has 1 aromatic heterocycles. The highest BCUT2D eigenvalue weighted by molar-refractivity contribution is 7.90. The van der Waals surface area contributed by atoms with Crippen LogP contribution in [0.4, 0.5) is 23.2 Å². The number of aromatic nitrogens is 1. The van der Waals surface area contributed by atoms with Crippen molar-refractivity contribution in [1.29, 1.82) is 0 Å². The maximum Gasteiger partial charge on any atom is 0.511 e. The smallest absolute Gasteiger partial charge is 0.382 e. The summed E-state index contributed by atoms with van der Waals surface area (Å²) < 4.78 is 76.5. The van der Waals surface area contributed by atoms with Gasteiger partial charge in [0.1, 0.15) is 5.82 Å². The summed E-state index contributed by atoms with van der Waals surface area (Å²) in [5, 5.41) is 4.55. The number of pyridine rings is 1. The van der Waals surface area contributed by atoms with Crippen LogP contribution in [0.5, 0.6) is 0 Å². The second-order valence-electron chi connectivity index (χ2n) is 10.1. The molecular formula is C29H26ClF4N3O3S. The van der Waals surface area contributed by atoms with Crippen LogP contribution >= 0.6 is 11.6 Å². The molecule has 4 aromatic rings. The summed E-state index contributed by atoms with van der Waals surface area (Å²) in [6.45, 7) is -0.579. The minimum absolute atomic E-state index is 0.140. The Labute approximate surface area is 239 Å². The Morgan fingerprint density at radius 2 is 1.59 bits per heavy atom. The summed E-state index contributed by atoms with van der Waals surface area (Å²) >= 11 is 6.13. The molecule has 0 saturated carbocycles. The summed E-state index contributed by atoms with van der Waals surface area (Å²) in [5.41, 5.74) is -1.81. The van der Waals surface area contributed by atoms with Crippen LogP contribution in [-0.2, 0) is 16.4 Å². The average Bonchev–Trinajstić information content (AvgIpc) is 2.93. The van der Waals surface area contributed by atoms with Crippen molar-refractivity contribution in [3.63, 3.8) is 0 Å². The van der Waals surface area contributed by atoms with E-state index < -0.39 is 15.5 Å². The van der Waals surface area contributed by atoms with Crippen molar-refractivity contribution in [2.45, 2.75) is 36.7 Å². The molecule has 0 bridgehead atoms. The molecule has 0 amide bonds. The Bertz CT molecular complexity index is 1700. The lowest BCUT2D eigenvalue weighted by Crippen LogP contribution is -2.47. The van der Waals surface area contributed by atoms with E-state index in [2.05, 4.69) is 10.3 Å². The van der Waals surface area contributed by atoms with Crippen molar-refractivity contribution in [2.75, 3.05) is 18.4 Å². The first-order chi connectivity index (χ1) is 19.4. The predicted octanol–water partition coefficient (Wildman–Crippen LogP) is 6.42. The molecule has 3 aromatic carbocycles. The van der Waals surface area contributed by atoms with E-state index in [1.54, 1.807) is 30.3 Å². The molecule has 12 heteroatoms. The lowest BCUT2D eigenvalue weighted by molar-refractivity contribution is -0.0494. The molecule has 1 saturated heterocycles.